The van der Waals surface area contributed by atoms with Gasteiger partial charge < -0.3 is 4.42 Å². The number of aromatic nitrogens is 3. The maximum absolute atomic E-state index is 6.73. The van der Waals surface area contributed by atoms with Crippen molar-refractivity contribution in [2.45, 2.75) is 0 Å². The van der Waals surface area contributed by atoms with Crippen LogP contribution in [-0.4, -0.2) is 15.0 Å². The predicted octanol–water partition coefficient (Wildman–Crippen LogP) is 13.6. The van der Waals surface area contributed by atoms with Gasteiger partial charge in [0.25, 0.3) is 0 Å². The Bertz CT molecular complexity index is 3250. The van der Waals surface area contributed by atoms with Crippen LogP contribution in [0.15, 0.2) is 192 Å². The van der Waals surface area contributed by atoms with E-state index in [0.717, 1.165) is 65.9 Å². The van der Waals surface area contributed by atoms with Crippen molar-refractivity contribution in [3.63, 3.8) is 0 Å². The molecule has 0 N–H and O–H groups in total. The van der Waals surface area contributed by atoms with Crippen LogP contribution in [0.4, 0.5) is 0 Å². The molecule has 2 aromatic heterocycles. The van der Waals surface area contributed by atoms with Gasteiger partial charge in [0.05, 0.1) is 0 Å². The van der Waals surface area contributed by atoms with Gasteiger partial charge in [-0.1, -0.05) is 170 Å². The van der Waals surface area contributed by atoms with E-state index in [1.54, 1.807) is 0 Å². The van der Waals surface area contributed by atoms with Gasteiger partial charge >= 0.3 is 0 Å². The Labute approximate surface area is 317 Å². The Balaban J connectivity index is 1.12. The van der Waals surface area contributed by atoms with Crippen molar-refractivity contribution in [1.29, 1.82) is 0 Å². The van der Waals surface area contributed by atoms with Gasteiger partial charge in [-0.3, -0.25) is 0 Å². The Morgan fingerprint density at radius 2 is 0.891 bits per heavy atom. The van der Waals surface area contributed by atoms with E-state index in [-0.39, 0.29) is 0 Å². The molecule has 0 atom stereocenters. The van der Waals surface area contributed by atoms with Crippen LogP contribution in [0.3, 0.4) is 0 Å². The highest BCUT2D eigenvalue weighted by atomic mass is 16.3. The Morgan fingerprint density at radius 3 is 1.71 bits per heavy atom. The average Bonchev–Trinajstić information content (AvgIpc) is 3.65. The van der Waals surface area contributed by atoms with Crippen molar-refractivity contribution in [1.82, 2.24) is 15.0 Å². The summed E-state index contributed by atoms with van der Waals surface area (Å²) in [6.07, 6.45) is 0. The first-order valence-electron chi connectivity index (χ1n) is 18.5. The van der Waals surface area contributed by atoms with Crippen LogP contribution in [-0.2, 0) is 0 Å². The molecule has 11 aromatic rings. The average molecular weight is 702 g/mol. The van der Waals surface area contributed by atoms with Crippen molar-refractivity contribution in [2.75, 3.05) is 0 Å². The zero-order valence-corrected chi connectivity index (χ0v) is 29.6. The quantitative estimate of drug-likeness (QED) is 0.179. The Morgan fingerprint density at radius 1 is 0.309 bits per heavy atom. The van der Waals surface area contributed by atoms with Gasteiger partial charge in [-0.25, -0.2) is 15.0 Å². The minimum absolute atomic E-state index is 0.612. The molecule has 11 rings (SSSR count). The number of rotatable bonds is 5. The highest BCUT2D eigenvalue weighted by molar-refractivity contribution is 6.22. The molecule has 0 aliphatic carbocycles. The van der Waals surface area contributed by atoms with Gasteiger partial charge in [-0.05, 0) is 67.4 Å². The molecule has 0 saturated heterocycles. The van der Waals surface area contributed by atoms with E-state index in [4.69, 9.17) is 19.4 Å². The SMILES string of the molecule is c1ccc(-c2nc(-c3ccc4ccccc4c3)nc(-c3cc4c(oc5cccc(-c6ccc(-c7cccc8ccccc78)cc6)c54)c4ccccc34)n2)cc1. The molecule has 0 amide bonds. The van der Waals surface area contributed by atoms with Crippen LogP contribution in [0, 0.1) is 0 Å². The fraction of sp³-hybridized carbons (Fsp3) is 0. The number of hydrogen-bond acceptors (Lipinski definition) is 4. The summed E-state index contributed by atoms with van der Waals surface area (Å²) in [5, 5.41) is 8.91. The van der Waals surface area contributed by atoms with Gasteiger partial charge in [-0.15, -0.1) is 0 Å². The highest BCUT2D eigenvalue weighted by Gasteiger charge is 2.21. The molecule has 4 nitrogen and oxygen atoms in total. The van der Waals surface area contributed by atoms with Crippen molar-refractivity contribution in [3.05, 3.63) is 188 Å². The summed E-state index contributed by atoms with van der Waals surface area (Å²) >= 11 is 0. The summed E-state index contributed by atoms with van der Waals surface area (Å²) in [5.74, 6) is 1.87. The third kappa shape index (κ3) is 5.26. The van der Waals surface area contributed by atoms with Gasteiger partial charge in [0.2, 0.25) is 0 Å². The molecular formula is C51H31N3O. The first kappa shape index (κ1) is 31.1. The second-order valence-electron chi connectivity index (χ2n) is 14.0. The molecule has 0 radical (unpaired) electrons. The van der Waals surface area contributed by atoms with Gasteiger partial charge in [0.15, 0.2) is 17.5 Å². The fourth-order valence-electron chi connectivity index (χ4n) is 8.05. The monoisotopic (exact) mass is 701 g/mol. The van der Waals surface area contributed by atoms with Crippen molar-refractivity contribution in [3.8, 4) is 56.4 Å². The summed E-state index contributed by atoms with van der Waals surface area (Å²) in [6, 6.07) is 65.8. The van der Waals surface area contributed by atoms with Crippen LogP contribution >= 0.6 is 0 Å². The molecule has 9 aromatic carbocycles. The van der Waals surface area contributed by atoms with E-state index in [9.17, 15) is 0 Å². The van der Waals surface area contributed by atoms with E-state index in [0.29, 0.717) is 17.5 Å². The standard InChI is InChI=1S/C51H31N3O/c1-2-14-36(15-3-1)49-52-50(38-29-24-32-12-4-5-16-37(32)30-38)54-51(53-49)44-31-45-47-41(22-11-23-46(47)55-48(45)43-20-9-8-19-42(43)44)35-27-25-34(26-28-35)40-21-10-17-33-13-6-7-18-39(33)40/h1-31H. The maximum Gasteiger partial charge on any atom is 0.164 e. The molecule has 55 heavy (non-hydrogen) atoms. The number of fused-ring (bicyclic) bond motifs is 7. The van der Waals surface area contributed by atoms with Crippen molar-refractivity contribution in [2.24, 2.45) is 0 Å². The largest absolute Gasteiger partial charge is 0.455 e. The molecule has 0 unspecified atom stereocenters. The lowest BCUT2D eigenvalue weighted by atomic mass is 9.93. The molecule has 256 valence electrons. The Hall–Kier alpha value is -7.43. The topological polar surface area (TPSA) is 51.8 Å². The van der Waals surface area contributed by atoms with Crippen LogP contribution in [0.5, 0.6) is 0 Å². The predicted molar refractivity (Wildman–Crippen MR) is 227 cm³/mol. The van der Waals surface area contributed by atoms with E-state index in [2.05, 4.69) is 158 Å². The summed E-state index contributed by atoms with van der Waals surface area (Å²) in [6.45, 7) is 0. The summed E-state index contributed by atoms with van der Waals surface area (Å²) < 4.78 is 6.73. The van der Waals surface area contributed by atoms with Crippen molar-refractivity contribution >= 4 is 54.3 Å². The van der Waals surface area contributed by atoms with E-state index in [1.165, 1.54) is 27.3 Å². The molecule has 0 aliphatic heterocycles. The van der Waals surface area contributed by atoms with E-state index < -0.39 is 0 Å². The number of hydrogen-bond donors (Lipinski definition) is 0. The van der Waals surface area contributed by atoms with E-state index in [1.807, 2.05) is 30.3 Å². The van der Waals surface area contributed by atoms with Crippen molar-refractivity contribution < 1.29 is 4.42 Å². The van der Waals surface area contributed by atoms with Gasteiger partial charge in [0, 0.05) is 32.8 Å². The third-order valence-electron chi connectivity index (χ3n) is 10.7. The molecule has 0 bridgehead atoms. The minimum atomic E-state index is 0.612. The van der Waals surface area contributed by atoms with Crippen LogP contribution < -0.4 is 0 Å². The fourth-order valence-corrected chi connectivity index (χ4v) is 8.05. The van der Waals surface area contributed by atoms with Crippen LogP contribution in [0.25, 0.3) is 111 Å². The smallest absolute Gasteiger partial charge is 0.164 e. The molecule has 0 spiro atoms. The molecule has 0 fully saturated rings. The summed E-state index contributed by atoms with van der Waals surface area (Å²) in [7, 11) is 0. The lowest BCUT2D eigenvalue weighted by Crippen LogP contribution is -2.00. The first-order valence-corrected chi connectivity index (χ1v) is 18.5. The number of furan rings is 1. The van der Waals surface area contributed by atoms with E-state index >= 15 is 0 Å². The molecule has 0 aliphatic rings. The second-order valence-corrected chi connectivity index (χ2v) is 14.0. The minimum Gasteiger partial charge on any atom is -0.455 e. The summed E-state index contributed by atoms with van der Waals surface area (Å²) in [4.78, 5) is 15.4. The lowest BCUT2D eigenvalue weighted by Gasteiger charge is -2.12. The lowest BCUT2D eigenvalue weighted by molar-refractivity contribution is 0.673. The summed E-state index contributed by atoms with van der Waals surface area (Å²) in [5.41, 5.74) is 9.12. The Kier molecular flexibility index (Phi) is 7.14. The normalized spacial score (nSPS) is 11.6. The first-order chi connectivity index (χ1) is 27.2. The molecule has 2 heterocycles. The highest BCUT2D eigenvalue weighted by Crippen LogP contribution is 2.43. The van der Waals surface area contributed by atoms with Crippen LogP contribution in [0.1, 0.15) is 0 Å². The van der Waals surface area contributed by atoms with Gasteiger partial charge in [0.1, 0.15) is 11.2 Å². The molecular weight excluding hydrogens is 671 g/mol. The molecule has 4 heteroatoms. The third-order valence-corrected chi connectivity index (χ3v) is 10.7. The van der Waals surface area contributed by atoms with Gasteiger partial charge in [-0.2, -0.15) is 0 Å². The number of nitrogens with zero attached hydrogens (tertiary/aromatic N) is 3. The number of benzene rings is 9. The molecule has 0 saturated carbocycles. The zero-order chi connectivity index (χ0) is 36.3. The maximum atomic E-state index is 6.73. The van der Waals surface area contributed by atoms with Crippen LogP contribution in [0.2, 0.25) is 0 Å². The second kappa shape index (κ2) is 12.6. The zero-order valence-electron chi connectivity index (χ0n) is 29.6.